The number of fused-ring (bicyclic) bond motifs is 1. The van der Waals surface area contributed by atoms with E-state index in [2.05, 4.69) is 31.0 Å². The van der Waals surface area contributed by atoms with Crippen LogP contribution in [0.2, 0.25) is 0 Å². The molecule has 1 aliphatic rings. The van der Waals surface area contributed by atoms with E-state index in [0.29, 0.717) is 23.7 Å². The Kier molecular flexibility index (Phi) is 5.22. The Morgan fingerprint density at radius 3 is 2.48 bits per heavy atom. The molecule has 0 radical (unpaired) electrons. The standard InChI is InChI=1S/C22H26N2O3/c1-5-24(15(2)3)18-12-10-17(11-13-18)23-21(26)22(4)14-16-8-6-7-9-19(16)20(25)27-22/h6-13,15H,5,14H2,1-4H3,(H,23,26). The number of ether oxygens (including phenoxy) is 1. The van der Waals surface area contributed by atoms with Gasteiger partial charge in [-0.15, -0.1) is 0 Å². The third-order valence-corrected chi connectivity index (χ3v) is 4.98. The van der Waals surface area contributed by atoms with E-state index in [-0.39, 0.29) is 5.91 Å². The van der Waals surface area contributed by atoms with Crippen LogP contribution >= 0.6 is 0 Å². The van der Waals surface area contributed by atoms with Crippen molar-refractivity contribution in [3.05, 3.63) is 59.7 Å². The minimum atomic E-state index is -1.22. The molecule has 0 fully saturated rings. The zero-order valence-corrected chi connectivity index (χ0v) is 16.3. The largest absolute Gasteiger partial charge is 0.445 e. The average molecular weight is 366 g/mol. The fraction of sp³-hybridized carbons (Fsp3) is 0.364. The highest BCUT2D eigenvalue weighted by atomic mass is 16.6. The Balaban J connectivity index is 1.75. The van der Waals surface area contributed by atoms with Crippen molar-refractivity contribution in [2.75, 3.05) is 16.8 Å². The molecule has 1 heterocycles. The van der Waals surface area contributed by atoms with Crippen molar-refractivity contribution >= 4 is 23.3 Å². The Morgan fingerprint density at radius 2 is 1.85 bits per heavy atom. The lowest BCUT2D eigenvalue weighted by atomic mass is 9.89. The molecule has 5 nitrogen and oxygen atoms in total. The van der Waals surface area contributed by atoms with Crippen LogP contribution < -0.4 is 10.2 Å². The maximum atomic E-state index is 12.8. The van der Waals surface area contributed by atoms with Crippen molar-refractivity contribution in [3.63, 3.8) is 0 Å². The van der Waals surface area contributed by atoms with E-state index in [1.807, 2.05) is 36.4 Å². The summed E-state index contributed by atoms with van der Waals surface area (Å²) in [5.74, 6) is -0.783. The van der Waals surface area contributed by atoms with Crippen molar-refractivity contribution in [2.24, 2.45) is 0 Å². The molecule has 0 saturated heterocycles. The van der Waals surface area contributed by atoms with Crippen molar-refractivity contribution in [1.82, 2.24) is 0 Å². The first-order valence-corrected chi connectivity index (χ1v) is 9.33. The molecule has 3 rings (SSSR count). The first-order valence-electron chi connectivity index (χ1n) is 9.33. The van der Waals surface area contributed by atoms with Gasteiger partial charge in [-0.1, -0.05) is 18.2 Å². The van der Waals surface area contributed by atoms with Gasteiger partial charge in [0.2, 0.25) is 0 Å². The number of amides is 1. The molecule has 2 aromatic carbocycles. The summed E-state index contributed by atoms with van der Waals surface area (Å²) >= 11 is 0. The first-order chi connectivity index (χ1) is 12.8. The summed E-state index contributed by atoms with van der Waals surface area (Å²) in [6.45, 7) is 8.98. The van der Waals surface area contributed by atoms with Crippen LogP contribution in [0, 0.1) is 0 Å². The van der Waals surface area contributed by atoms with E-state index in [4.69, 9.17) is 4.74 Å². The molecule has 1 atom stereocenters. The summed E-state index contributed by atoms with van der Waals surface area (Å²) in [7, 11) is 0. The molecular formula is C22H26N2O3. The van der Waals surface area contributed by atoms with Crippen LogP contribution in [0.3, 0.4) is 0 Å². The lowest BCUT2D eigenvalue weighted by Crippen LogP contribution is -2.48. The molecule has 1 amide bonds. The average Bonchev–Trinajstić information content (AvgIpc) is 2.63. The number of benzene rings is 2. The van der Waals surface area contributed by atoms with Gasteiger partial charge >= 0.3 is 5.97 Å². The van der Waals surface area contributed by atoms with E-state index in [9.17, 15) is 9.59 Å². The normalized spacial score (nSPS) is 18.6. The molecule has 0 saturated carbocycles. The number of cyclic esters (lactones) is 1. The molecule has 5 heteroatoms. The highest BCUT2D eigenvalue weighted by Crippen LogP contribution is 2.29. The molecule has 142 valence electrons. The first kappa shape index (κ1) is 19.0. The molecular weight excluding hydrogens is 340 g/mol. The third kappa shape index (κ3) is 3.82. The fourth-order valence-corrected chi connectivity index (χ4v) is 3.50. The number of rotatable bonds is 5. The lowest BCUT2D eigenvalue weighted by Gasteiger charge is -2.33. The molecule has 0 bridgehead atoms. The second-order valence-electron chi connectivity index (χ2n) is 7.34. The number of anilines is 2. The molecule has 2 aromatic rings. The number of carbonyl (C=O) groups excluding carboxylic acids is 2. The summed E-state index contributed by atoms with van der Waals surface area (Å²) in [5.41, 5.74) is 1.92. The van der Waals surface area contributed by atoms with Crippen LogP contribution in [0.1, 0.15) is 43.6 Å². The minimum absolute atomic E-state index is 0.325. The maximum absolute atomic E-state index is 12.8. The summed E-state index contributed by atoms with van der Waals surface area (Å²) in [4.78, 5) is 27.4. The van der Waals surface area contributed by atoms with Crippen LogP contribution in [0.25, 0.3) is 0 Å². The van der Waals surface area contributed by atoms with Gasteiger partial charge in [0, 0.05) is 30.4 Å². The molecule has 27 heavy (non-hydrogen) atoms. The van der Waals surface area contributed by atoms with E-state index in [0.717, 1.165) is 17.8 Å². The smallest absolute Gasteiger partial charge is 0.339 e. The SMILES string of the molecule is CCN(c1ccc(NC(=O)C2(C)Cc3ccccc3C(=O)O2)cc1)C(C)C. The Hall–Kier alpha value is -2.82. The predicted octanol–water partition coefficient (Wildman–Crippen LogP) is 4.03. The zero-order chi connectivity index (χ0) is 19.6. The van der Waals surface area contributed by atoms with Crippen LogP contribution in [0.5, 0.6) is 0 Å². The van der Waals surface area contributed by atoms with Crippen molar-refractivity contribution in [2.45, 2.75) is 45.8 Å². The Morgan fingerprint density at radius 1 is 1.19 bits per heavy atom. The molecule has 1 aliphatic heterocycles. The van der Waals surface area contributed by atoms with E-state index in [1.165, 1.54) is 0 Å². The molecule has 0 spiro atoms. The van der Waals surface area contributed by atoms with Gasteiger partial charge in [-0.25, -0.2) is 4.79 Å². The number of nitrogens with zero attached hydrogens (tertiary/aromatic N) is 1. The van der Waals surface area contributed by atoms with Gasteiger partial charge in [0.05, 0.1) is 5.56 Å². The quantitative estimate of drug-likeness (QED) is 0.812. The number of esters is 1. The minimum Gasteiger partial charge on any atom is -0.445 e. The monoisotopic (exact) mass is 366 g/mol. The van der Waals surface area contributed by atoms with Gasteiger partial charge in [0.15, 0.2) is 5.60 Å². The van der Waals surface area contributed by atoms with Crippen LogP contribution in [-0.4, -0.2) is 30.1 Å². The van der Waals surface area contributed by atoms with Gasteiger partial charge in [-0.2, -0.15) is 0 Å². The molecule has 0 aliphatic carbocycles. The number of carbonyl (C=O) groups is 2. The molecule has 1 N–H and O–H groups in total. The highest BCUT2D eigenvalue weighted by molar-refractivity contribution is 6.02. The summed E-state index contributed by atoms with van der Waals surface area (Å²) in [6, 6.07) is 15.4. The van der Waals surface area contributed by atoms with Gasteiger partial charge in [0.1, 0.15) is 0 Å². The number of hydrogen-bond acceptors (Lipinski definition) is 4. The summed E-state index contributed by atoms with van der Waals surface area (Å²) in [5, 5.41) is 2.88. The lowest BCUT2D eigenvalue weighted by molar-refractivity contribution is -0.134. The second kappa shape index (κ2) is 7.43. The topological polar surface area (TPSA) is 58.6 Å². The van der Waals surface area contributed by atoms with E-state index >= 15 is 0 Å². The van der Waals surface area contributed by atoms with Crippen molar-refractivity contribution < 1.29 is 14.3 Å². The number of hydrogen-bond donors (Lipinski definition) is 1. The second-order valence-corrected chi connectivity index (χ2v) is 7.34. The maximum Gasteiger partial charge on any atom is 0.339 e. The van der Waals surface area contributed by atoms with Crippen LogP contribution in [0.15, 0.2) is 48.5 Å². The fourth-order valence-electron chi connectivity index (χ4n) is 3.50. The summed E-state index contributed by atoms with van der Waals surface area (Å²) in [6.07, 6.45) is 0.357. The van der Waals surface area contributed by atoms with Crippen molar-refractivity contribution in [3.8, 4) is 0 Å². The van der Waals surface area contributed by atoms with E-state index < -0.39 is 11.6 Å². The zero-order valence-electron chi connectivity index (χ0n) is 16.3. The third-order valence-electron chi connectivity index (χ3n) is 4.98. The highest BCUT2D eigenvalue weighted by Gasteiger charge is 2.42. The van der Waals surface area contributed by atoms with E-state index in [1.54, 1.807) is 19.1 Å². The summed E-state index contributed by atoms with van der Waals surface area (Å²) < 4.78 is 5.49. The van der Waals surface area contributed by atoms with Gasteiger partial charge in [-0.05, 0) is 63.6 Å². The van der Waals surface area contributed by atoms with Gasteiger partial charge in [-0.3, -0.25) is 4.79 Å². The molecule has 0 aromatic heterocycles. The van der Waals surface area contributed by atoms with Crippen LogP contribution in [-0.2, 0) is 16.0 Å². The van der Waals surface area contributed by atoms with Crippen LogP contribution in [0.4, 0.5) is 11.4 Å². The number of nitrogens with one attached hydrogen (secondary N) is 1. The Labute approximate surface area is 160 Å². The predicted molar refractivity (Wildman–Crippen MR) is 107 cm³/mol. The van der Waals surface area contributed by atoms with Gasteiger partial charge < -0.3 is 15.0 Å². The van der Waals surface area contributed by atoms with Crippen molar-refractivity contribution in [1.29, 1.82) is 0 Å². The van der Waals surface area contributed by atoms with Gasteiger partial charge in [0.25, 0.3) is 5.91 Å². The molecule has 1 unspecified atom stereocenters. The Bertz CT molecular complexity index is 845.